The molecule has 1 saturated carbocycles. The Hall–Kier alpha value is -1.20. The van der Waals surface area contributed by atoms with Crippen LogP contribution >= 0.6 is 0 Å². The fourth-order valence-corrected chi connectivity index (χ4v) is 2.21. The highest BCUT2D eigenvalue weighted by Crippen LogP contribution is 2.28. The Morgan fingerprint density at radius 3 is 2.74 bits per heavy atom. The monoisotopic (exact) mass is 263 g/mol. The van der Waals surface area contributed by atoms with Crippen molar-refractivity contribution in [1.29, 1.82) is 0 Å². The Balaban J connectivity index is 2.01. The third kappa shape index (κ3) is 4.44. The van der Waals surface area contributed by atoms with Crippen molar-refractivity contribution in [2.75, 3.05) is 12.0 Å². The van der Waals surface area contributed by atoms with E-state index in [2.05, 4.69) is 34.1 Å². The lowest BCUT2D eigenvalue weighted by molar-refractivity contribution is 0.233. The average Bonchev–Trinajstić information content (AvgIpc) is 3.17. The van der Waals surface area contributed by atoms with Gasteiger partial charge in [0.1, 0.15) is 11.6 Å². The van der Waals surface area contributed by atoms with Crippen molar-refractivity contribution >= 4 is 5.82 Å². The molecule has 106 valence electrons. The Bertz CT molecular complexity index is 414. The van der Waals surface area contributed by atoms with E-state index >= 15 is 0 Å². The Morgan fingerprint density at radius 2 is 2.16 bits per heavy atom. The van der Waals surface area contributed by atoms with Gasteiger partial charge in [0.15, 0.2) is 0 Å². The second kappa shape index (κ2) is 6.30. The second-order valence-electron chi connectivity index (χ2n) is 5.84. The molecule has 0 spiro atoms. The van der Waals surface area contributed by atoms with E-state index in [1.54, 1.807) is 0 Å². The summed E-state index contributed by atoms with van der Waals surface area (Å²) in [6.07, 6.45) is 3.85. The van der Waals surface area contributed by atoms with Crippen LogP contribution in [-0.4, -0.2) is 27.5 Å². The van der Waals surface area contributed by atoms with Crippen molar-refractivity contribution in [2.24, 2.45) is 11.8 Å². The average molecular weight is 263 g/mol. The second-order valence-corrected chi connectivity index (χ2v) is 5.84. The molecule has 19 heavy (non-hydrogen) atoms. The van der Waals surface area contributed by atoms with Gasteiger partial charge in [-0.15, -0.1) is 0 Å². The summed E-state index contributed by atoms with van der Waals surface area (Å²) < 4.78 is 0. The van der Waals surface area contributed by atoms with Crippen molar-refractivity contribution in [2.45, 2.75) is 52.6 Å². The summed E-state index contributed by atoms with van der Waals surface area (Å²) in [6.45, 7) is 8.47. The van der Waals surface area contributed by atoms with E-state index in [1.807, 2.05) is 13.0 Å². The number of hydrogen-bond donors (Lipinski definition) is 2. The molecule has 1 heterocycles. The molecule has 0 saturated heterocycles. The van der Waals surface area contributed by atoms with Crippen LogP contribution < -0.4 is 11.3 Å². The Labute approximate surface area is 115 Å². The minimum atomic E-state index is 0.696. The van der Waals surface area contributed by atoms with Gasteiger partial charge in [0, 0.05) is 17.8 Å². The highest BCUT2D eigenvalue weighted by atomic mass is 15.3. The van der Waals surface area contributed by atoms with Crippen LogP contribution in [0.5, 0.6) is 0 Å². The number of anilines is 1. The molecule has 0 unspecified atom stereocenters. The van der Waals surface area contributed by atoms with Gasteiger partial charge in [-0.2, -0.15) is 0 Å². The molecule has 1 aliphatic rings. The summed E-state index contributed by atoms with van der Waals surface area (Å²) in [5.74, 6) is 7.73. The van der Waals surface area contributed by atoms with E-state index < -0.39 is 0 Å². The molecule has 0 aliphatic heterocycles. The minimum absolute atomic E-state index is 0.696. The van der Waals surface area contributed by atoms with Crippen LogP contribution in [0, 0.1) is 12.8 Å². The lowest BCUT2D eigenvalue weighted by atomic mass is 10.1. The van der Waals surface area contributed by atoms with Crippen LogP contribution in [0.2, 0.25) is 0 Å². The van der Waals surface area contributed by atoms with Gasteiger partial charge >= 0.3 is 0 Å². The molecular weight excluding hydrogens is 238 g/mol. The van der Waals surface area contributed by atoms with Crippen LogP contribution in [0.25, 0.3) is 0 Å². The third-order valence-corrected chi connectivity index (χ3v) is 3.45. The summed E-state index contributed by atoms with van der Waals surface area (Å²) in [5, 5.41) is 0. The number of rotatable bonds is 7. The van der Waals surface area contributed by atoms with Gasteiger partial charge < -0.3 is 5.43 Å². The largest absolute Gasteiger partial charge is 0.308 e. The van der Waals surface area contributed by atoms with E-state index in [0.29, 0.717) is 5.82 Å². The van der Waals surface area contributed by atoms with Crippen LogP contribution in [-0.2, 0) is 6.54 Å². The van der Waals surface area contributed by atoms with Crippen molar-refractivity contribution < 1.29 is 0 Å². The summed E-state index contributed by atoms with van der Waals surface area (Å²) in [4.78, 5) is 11.5. The first-order valence-electron chi connectivity index (χ1n) is 7.13. The first-order valence-corrected chi connectivity index (χ1v) is 7.13. The lowest BCUT2D eigenvalue weighted by Gasteiger charge is -2.22. The number of nitrogens with two attached hydrogens (primary N) is 1. The molecule has 0 atom stereocenters. The quantitative estimate of drug-likeness (QED) is 0.582. The van der Waals surface area contributed by atoms with E-state index in [1.165, 1.54) is 19.3 Å². The lowest BCUT2D eigenvalue weighted by Crippen LogP contribution is -2.28. The van der Waals surface area contributed by atoms with Gasteiger partial charge in [-0.1, -0.05) is 13.8 Å². The van der Waals surface area contributed by atoms with Crippen LogP contribution in [0.3, 0.4) is 0 Å². The maximum atomic E-state index is 5.44. The molecule has 0 amide bonds. The van der Waals surface area contributed by atoms with Gasteiger partial charge in [-0.25, -0.2) is 15.8 Å². The number of nitrogens with one attached hydrogen (secondary N) is 1. The molecule has 5 heteroatoms. The smallest absolute Gasteiger partial charge is 0.145 e. The molecule has 5 nitrogen and oxygen atoms in total. The number of aryl methyl sites for hydroxylation is 1. The standard InChI is InChI=1S/C14H25N5/c1-10(2)6-7-19(12-4-5-12)9-14-16-11(3)8-13(17-14)18-15/h8,10,12H,4-7,9,15H2,1-3H3,(H,16,17,18). The molecule has 0 aromatic carbocycles. The van der Waals surface area contributed by atoms with Crippen molar-refractivity contribution in [3.63, 3.8) is 0 Å². The minimum Gasteiger partial charge on any atom is -0.308 e. The molecule has 3 N–H and O–H groups in total. The Morgan fingerprint density at radius 1 is 1.42 bits per heavy atom. The van der Waals surface area contributed by atoms with Crippen molar-refractivity contribution in [3.8, 4) is 0 Å². The highest BCUT2D eigenvalue weighted by molar-refractivity contribution is 5.33. The zero-order chi connectivity index (χ0) is 13.8. The molecular formula is C14H25N5. The predicted molar refractivity (Wildman–Crippen MR) is 77.5 cm³/mol. The first-order chi connectivity index (χ1) is 9.08. The first kappa shape index (κ1) is 14.2. The topological polar surface area (TPSA) is 67.1 Å². The zero-order valence-corrected chi connectivity index (χ0v) is 12.2. The number of aromatic nitrogens is 2. The summed E-state index contributed by atoms with van der Waals surface area (Å²) in [6, 6.07) is 2.59. The van der Waals surface area contributed by atoms with Crippen LogP contribution in [0.4, 0.5) is 5.82 Å². The third-order valence-electron chi connectivity index (χ3n) is 3.45. The molecule has 1 aromatic heterocycles. The van der Waals surface area contributed by atoms with E-state index in [4.69, 9.17) is 5.84 Å². The van der Waals surface area contributed by atoms with E-state index in [-0.39, 0.29) is 0 Å². The zero-order valence-electron chi connectivity index (χ0n) is 12.2. The molecule has 1 fully saturated rings. The highest BCUT2D eigenvalue weighted by Gasteiger charge is 2.29. The van der Waals surface area contributed by atoms with Gasteiger partial charge in [0.05, 0.1) is 6.54 Å². The van der Waals surface area contributed by atoms with Gasteiger partial charge in [-0.05, 0) is 38.6 Å². The molecule has 1 aromatic rings. The molecule has 0 radical (unpaired) electrons. The predicted octanol–water partition coefficient (Wildman–Crippen LogP) is 2.08. The van der Waals surface area contributed by atoms with E-state index in [9.17, 15) is 0 Å². The van der Waals surface area contributed by atoms with Crippen molar-refractivity contribution in [3.05, 3.63) is 17.6 Å². The van der Waals surface area contributed by atoms with Crippen LogP contribution in [0.15, 0.2) is 6.07 Å². The maximum Gasteiger partial charge on any atom is 0.145 e. The van der Waals surface area contributed by atoms with Gasteiger partial charge in [0.2, 0.25) is 0 Å². The number of nitrogen functional groups attached to an aromatic ring is 1. The summed E-state index contributed by atoms with van der Waals surface area (Å²) >= 11 is 0. The van der Waals surface area contributed by atoms with Gasteiger partial charge in [0.25, 0.3) is 0 Å². The maximum absolute atomic E-state index is 5.44. The normalized spacial score (nSPS) is 15.3. The number of hydrogen-bond acceptors (Lipinski definition) is 5. The van der Waals surface area contributed by atoms with E-state index in [0.717, 1.165) is 36.6 Å². The number of hydrazine groups is 1. The fraction of sp³-hybridized carbons (Fsp3) is 0.714. The summed E-state index contributed by atoms with van der Waals surface area (Å²) in [7, 11) is 0. The molecule has 1 aliphatic carbocycles. The van der Waals surface area contributed by atoms with Crippen molar-refractivity contribution in [1.82, 2.24) is 14.9 Å². The SMILES string of the molecule is Cc1cc(NN)nc(CN(CCC(C)C)C2CC2)n1. The molecule has 0 bridgehead atoms. The number of nitrogens with zero attached hydrogens (tertiary/aromatic N) is 3. The van der Waals surface area contributed by atoms with Crippen LogP contribution in [0.1, 0.15) is 44.6 Å². The Kier molecular flexibility index (Phi) is 4.71. The fourth-order valence-electron chi connectivity index (χ4n) is 2.21. The molecule has 2 rings (SSSR count). The van der Waals surface area contributed by atoms with Gasteiger partial charge in [-0.3, -0.25) is 4.90 Å². The summed E-state index contributed by atoms with van der Waals surface area (Å²) in [5.41, 5.74) is 3.56.